The molecular formula is C9H11N5O4. The number of primary amides is 1. The van der Waals surface area contributed by atoms with E-state index in [1.165, 1.54) is 12.1 Å². The number of nitrogens with two attached hydrogens (primary N) is 2. The van der Waals surface area contributed by atoms with Crippen LogP contribution in [-0.2, 0) is 4.79 Å². The highest BCUT2D eigenvalue weighted by Crippen LogP contribution is 2.24. The van der Waals surface area contributed by atoms with Crippen LogP contribution in [0.1, 0.15) is 10.4 Å². The Bertz CT molecular complexity index is 502. The molecule has 0 atom stereocenters. The normalized spacial score (nSPS) is 9.61. The molecule has 0 saturated carbocycles. The van der Waals surface area contributed by atoms with Gasteiger partial charge in [0.1, 0.15) is 5.69 Å². The third-order valence-corrected chi connectivity index (χ3v) is 2.04. The van der Waals surface area contributed by atoms with Gasteiger partial charge in [-0.05, 0) is 12.1 Å². The summed E-state index contributed by atoms with van der Waals surface area (Å²) in [5, 5.41) is 12.9. The molecule has 0 aliphatic carbocycles. The van der Waals surface area contributed by atoms with E-state index in [1.54, 1.807) is 0 Å². The summed E-state index contributed by atoms with van der Waals surface area (Å²) < 4.78 is 0. The summed E-state index contributed by atoms with van der Waals surface area (Å²) >= 11 is 0. The molecule has 0 heterocycles. The van der Waals surface area contributed by atoms with E-state index in [0.29, 0.717) is 0 Å². The van der Waals surface area contributed by atoms with Crippen LogP contribution in [0.3, 0.4) is 0 Å². The van der Waals surface area contributed by atoms with Gasteiger partial charge in [0.05, 0.1) is 11.5 Å². The first-order chi connectivity index (χ1) is 8.45. The maximum atomic E-state index is 11.5. The van der Waals surface area contributed by atoms with Crippen molar-refractivity contribution in [2.24, 2.45) is 11.6 Å². The van der Waals surface area contributed by atoms with E-state index in [9.17, 15) is 19.7 Å². The largest absolute Gasteiger partial charge is 0.368 e. The molecular weight excluding hydrogens is 242 g/mol. The molecule has 2 amide bonds. The number of nitrogens with one attached hydrogen (secondary N) is 2. The van der Waals surface area contributed by atoms with E-state index < -0.39 is 16.7 Å². The van der Waals surface area contributed by atoms with Gasteiger partial charge in [0.2, 0.25) is 5.91 Å². The summed E-state index contributed by atoms with van der Waals surface area (Å²) in [7, 11) is 0. The molecule has 0 saturated heterocycles. The van der Waals surface area contributed by atoms with Crippen molar-refractivity contribution in [3.63, 3.8) is 0 Å². The van der Waals surface area contributed by atoms with Crippen LogP contribution >= 0.6 is 0 Å². The van der Waals surface area contributed by atoms with E-state index in [1.807, 2.05) is 0 Å². The fourth-order valence-electron chi connectivity index (χ4n) is 1.22. The van der Waals surface area contributed by atoms with Crippen LogP contribution in [0.25, 0.3) is 0 Å². The lowest BCUT2D eigenvalue weighted by molar-refractivity contribution is -0.384. The summed E-state index contributed by atoms with van der Waals surface area (Å²) in [6, 6.07) is 3.67. The van der Waals surface area contributed by atoms with Gasteiger partial charge >= 0.3 is 0 Å². The molecule has 1 aromatic rings. The number of nitro benzene ring substituents is 1. The minimum Gasteiger partial charge on any atom is -0.368 e. The average molecular weight is 253 g/mol. The first kappa shape index (κ1) is 13.4. The molecule has 96 valence electrons. The van der Waals surface area contributed by atoms with E-state index in [2.05, 4.69) is 10.7 Å². The smallest absolute Gasteiger partial charge is 0.294 e. The van der Waals surface area contributed by atoms with Gasteiger partial charge in [0, 0.05) is 11.6 Å². The predicted molar refractivity (Wildman–Crippen MR) is 62.4 cm³/mol. The molecule has 0 radical (unpaired) electrons. The Morgan fingerprint density at radius 2 is 2.06 bits per heavy atom. The quantitative estimate of drug-likeness (QED) is 0.303. The summed E-state index contributed by atoms with van der Waals surface area (Å²) in [6.45, 7) is -0.344. The zero-order valence-corrected chi connectivity index (χ0v) is 9.17. The Hall–Kier alpha value is -2.68. The lowest BCUT2D eigenvalue weighted by Gasteiger charge is -2.05. The van der Waals surface area contributed by atoms with Crippen LogP contribution < -0.4 is 22.3 Å². The van der Waals surface area contributed by atoms with Gasteiger partial charge in [0.15, 0.2) is 0 Å². The molecule has 18 heavy (non-hydrogen) atoms. The second kappa shape index (κ2) is 5.59. The van der Waals surface area contributed by atoms with Crippen molar-refractivity contribution < 1.29 is 14.5 Å². The van der Waals surface area contributed by atoms with Gasteiger partial charge < -0.3 is 16.5 Å². The van der Waals surface area contributed by atoms with Crippen LogP contribution in [0.2, 0.25) is 0 Å². The Morgan fingerprint density at radius 1 is 1.39 bits per heavy atom. The first-order valence-electron chi connectivity index (χ1n) is 4.77. The summed E-state index contributed by atoms with van der Waals surface area (Å²) in [4.78, 5) is 32.1. The lowest BCUT2D eigenvalue weighted by atomic mass is 10.1. The Kier molecular flexibility index (Phi) is 4.16. The number of nitrogens with zero attached hydrogens (tertiary/aromatic N) is 1. The van der Waals surface area contributed by atoms with Crippen LogP contribution in [0.4, 0.5) is 11.4 Å². The molecule has 1 rings (SSSR count). The molecule has 0 spiro atoms. The van der Waals surface area contributed by atoms with E-state index >= 15 is 0 Å². The molecule has 0 bridgehead atoms. The zero-order chi connectivity index (χ0) is 13.7. The summed E-state index contributed by atoms with van der Waals surface area (Å²) in [5.74, 6) is 3.75. The van der Waals surface area contributed by atoms with Crippen molar-refractivity contribution >= 4 is 23.2 Å². The van der Waals surface area contributed by atoms with E-state index in [4.69, 9.17) is 11.6 Å². The van der Waals surface area contributed by atoms with Crippen molar-refractivity contribution in [1.29, 1.82) is 0 Å². The van der Waals surface area contributed by atoms with Crippen LogP contribution in [0.5, 0.6) is 0 Å². The Balaban J connectivity index is 2.97. The van der Waals surface area contributed by atoms with Crippen LogP contribution in [-0.4, -0.2) is 23.3 Å². The number of rotatable bonds is 5. The highest BCUT2D eigenvalue weighted by Gasteiger charge is 2.16. The summed E-state index contributed by atoms with van der Waals surface area (Å²) in [6.07, 6.45) is 0. The SMILES string of the molecule is NNc1ccc(C(=O)NCC(N)=O)cc1[N+](=O)[O-]. The second-order valence-corrected chi connectivity index (χ2v) is 3.28. The Labute approximate surface area is 101 Å². The maximum absolute atomic E-state index is 11.5. The van der Waals surface area contributed by atoms with Gasteiger partial charge in [-0.3, -0.25) is 25.5 Å². The first-order valence-corrected chi connectivity index (χ1v) is 4.77. The van der Waals surface area contributed by atoms with Crippen molar-refractivity contribution in [1.82, 2.24) is 5.32 Å². The lowest BCUT2D eigenvalue weighted by Crippen LogP contribution is -2.33. The molecule has 9 nitrogen and oxygen atoms in total. The van der Waals surface area contributed by atoms with Gasteiger partial charge in [-0.25, -0.2) is 0 Å². The number of amides is 2. The van der Waals surface area contributed by atoms with Gasteiger partial charge in [-0.1, -0.05) is 0 Å². The monoisotopic (exact) mass is 253 g/mol. The third kappa shape index (κ3) is 3.15. The van der Waals surface area contributed by atoms with Crippen molar-refractivity contribution in [3.8, 4) is 0 Å². The van der Waals surface area contributed by atoms with Crippen LogP contribution in [0.15, 0.2) is 18.2 Å². The number of anilines is 1. The fourth-order valence-corrected chi connectivity index (χ4v) is 1.22. The molecule has 1 aromatic carbocycles. The molecule has 0 fully saturated rings. The van der Waals surface area contributed by atoms with Crippen molar-refractivity contribution in [2.45, 2.75) is 0 Å². The number of hydrogen-bond acceptors (Lipinski definition) is 6. The number of nitro groups is 1. The van der Waals surface area contributed by atoms with Crippen molar-refractivity contribution in [3.05, 3.63) is 33.9 Å². The van der Waals surface area contributed by atoms with E-state index in [0.717, 1.165) is 6.07 Å². The second-order valence-electron chi connectivity index (χ2n) is 3.28. The standard InChI is InChI=1S/C9H11N5O4/c10-8(15)4-12-9(16)5-1-2-6(13-11)7(3-5)14(17)18/h1-3,13H,4,11H2,(H2,10,15)(H,12,16). The minimum absolute atomic E-state index is 0.0296. The van der Waals surface area contributed by atoms with Crippen LogP contribution in [0, 0.1) is 10.1 Å². The fraction of sp³-hybridized carbons (Fsp3) is 0.111. The molecule has 0 unspecified atom stereocenters. The summed E-state index contributed by atoms with van der Waals surface area (Å²) in [5.41, 5.74) is 6.76. The number of hydrogen-bond donors (Lipinski definition) is 4. The zero-order valence-electron chi connectivity index (χ0n) is 9.17. The molecule has 6 N–H and O–H groups in total. The number of benzene rings is 1. The molecule has 0 aliphatic heterocycles. The topological polar surface area (TPSA) is 153 Å². The van der Waals surface area contributed by atoms with E-state index in [-0.39, 0.29) is 23.5 Å². The molecule has 9 heteroatoms. The average Bonchev–Trinajstić information content (AvgIpc) is 2.34. The number of carbonyl (C=O) groups is 2. The van der Waals surface area contributed by atoms with Crippen molar-refractivity contribution in [2.75, 3.05) is 12.0 Å². The molecule has 0 aromatic heterocycles. The minimum atomic E-state index is -0.710. The number of nitrogen functional groups attached to an aromatic ring is 1. The number of hydrazine groups is 1. The number of carbonyl (C=O) groups excluding carboxylic acids is 2. The van der Waals surface area contributed by atoms with Gasteiger partial charge in [-0.2, -0.15) is 0 Å². The molecule has 0 aliphatic rings. The third-order valence-electron chi connectivity index (χ3n) is 2.04. The van der Waals surface area contributed by atoms with Gasteiger partial charge in [0.25, 0.3) is 11.6 Å². The van der Waals surface area contributed by atoms with Gasteiger partial charge in [-0.15, -0.1) is 0 Å². The maximum Gasteiger partial charge on any atom is 0.294 e. The highest BCUT2D eigenvalue weighted by molar-refractivity contribution is 5.97. The highest BCUT2D eigenvalue weighted by atomic mass is 16.6. The Morgan fingerprint density at radius 3 is 2.56 bits per heavy atom. The predicted octanol–water partition coefficient (Wildman–Crippen LogP) is -0.904.